The van der Waals surface area contributed by atoms with Gasteiger partial charge in [0.2, 0.25) is 5.91 Å². The number of tetrazole rings is 1. The molecule has 9 nitrogen and oxygen atoms in total. The third-order valence-corrected chi connectivity index (χ3v) is 2.36. The quantitative estimate of drug-likeness (QED) is 0.753. The smallest absolute Gasteiger partial charge is 0.339 e. The minimum Gasteiger partial charge on any atom is -0.478 e. The molecule has 9 heteroatoms. The summed E-state index contributed by atoms with van der Waals surface area (Å²) in [7, 11) is 0. The Morgan fingerprint density at radius 3 is 2.89 bits per heavy atom. The number of rotatable bonds is 5. The first-order valence-electron chi connectivity index (χ1n) is 5.36. The Morgan fingerprint density at radius 2 is 2.32 bits per heavy atom. The molecule has 0 saturated heterocycles. The van der Waals surface area contributed by atoms with E-state index in [-0.39, 0.29) is 24.6 Å². The van der Waals surface area contributed by atoms with Crippen molar-refractivity contribution in [3.05, 3.63) is 29.5 Å². The lowest BCUT2D eigenvalue weighted by Crippen LogP contribution is -2.27. The Bertz CT molecular complexity index is 589. The van der Waals surface area contributed by atoms with Crippen molar-refractivity contribution in [2.75, 3.05) is 0 Å². The van der Waals surface area contributed by atoms with Crippen molar-refractivity contribution in [2.45, 2.75) is 20.0 Å². The SMILES string of the molecule is Cc1oc(CNC(=O)Cn2cnnn2)cc1C(=O)O. The first-order chi connectivity index (χ1) is 9.06. The van der Waals surface area contributed by atoms with E-state index in [1.807, 2.05) is 0 Å². The Kier molecular flexibility index (Phi) is 3.55. The monoisotopic (exact) mass is 265 g/mol. The summed E-state index contributed by atoms with van der Waals surface area (Å²) in [5, 5.41) is 21.8. The van der Waals surface area contributed by atoms with E-state index in [9.17, 15) is 9.59 Å². The molecule has 0 aliphatic carbocycles. The standard InChI is InChI=1S/C10H11N5O4/c1-6-8(10(17)18)2-7(19-6)3-11-9(16)4-15-5-12-13-14-15/h2,5H,3-4H2,1H3,(H,11,16)(H,17,18). The molecule has 2 heterocycles. The zero-order valence-corrected chi connectivity index (χ0v) is 10.0. The van der Waals surface area contributed by atoms with Gasteiger partial charge in [0.15, 0.2) is 0 Å². The summed E-state index contributed by atoms with van der Waals surface area (Å²) in [5.74, 6) is -0.692. The Labute approximate surface area is 107 Å². The lowest BCUT2D eigenvalue weighted by molar-refractivity contribution is -0.122. The normalized spacial score (nSPS) is 10.4. The third kappa shape index (κ3) is 3.15. The van der Waals surface area contributed by atoms with Crippen molar-refractivity contribution < 1.29 is 19.1 Å². The number of carbonyl (C=O) groups excluding carboxylic acids is 1. The molecule has 0 bridgehead atoms. The highest BCUT2D eigenvalue weighted by Gasteiger charge is 2.14. The molecule has 0 radical (unpaired) electrons. The Balaban J connectivity index is 1.90. The summed E-state index contributed by atoms with van der Waals surface area (Å²) in [4.78, 5) is 22.3. The number of nitrogens with zero attached hydrogens (tertiary/aromatic N) is 4. The van der Waals surface area contributed by atoms with Gasteiger partial charge in [-0.1, -0.05) is 0 Å². The number of aryl methyl sites for hydroxylation is 1. The molecular weight excluding hydrogens is 254 g/mol. The molecule has 0 aliphatic rings. The van der Waals surface area contributed by atoms with Crippen molar-refractivity contribution in [3.63, 3.8) is 0 Å². The van der Waals surface area contributed by atoms with Gasteiger partial charge in [-0.3, -0.25) is 4.79 Å². The lowest BCUT2D eigenvalue weighted by atomic mass is 10.2. The van der Waals surface area contributed by atoms with Gasteiger partial charge in [0.25, 0.3) is 0 Å². The fourth-order valence-electron chi connectivity index (χ4n) is 1.48. The predicted octanol–water partition coefficient (Wildman–Crippen LogP) is -0.411. The van der Waals surface area contributed by atoms with Crippen LogP contribution in [0, 0.1) is 6.92 Å². The van der Waals surface area contributed by atoms with Crippen molar-refractivity contribution >= 4 is 11.9 Å². The molecule has 2 aromatic rings. The van der Waals surface area contributed by atoms with E-state index in [2.05, 4.69) is 20.8 Å². The van der Waals surface area contributed by atoms with Crippen LogP contribution in [-0.4, -0.2) is 37.2 Å². The van der Waals surface area contributed by atoms with Crippen LogP contribution >= 0.6 is 0 Å². The topological polar surface area (TPSA) is 123 Å². The van der Waals surface area contributed by atoms with Crippen LogP contribution in [0.4, 0.5) is 0 Å². The molecule has 1 amide bonds. The van der Waals surface area contributed by atoms with Gasteiger partial charge in [0, 0.05) is 0 Å². The van der Waals surface area contributed by atoms with Crippen molar-refractivity contribution in [2.24, 2.45) is 0 Å². The number of amides is 1. The van der Waals surface area contributed by atoms with E-state index in [1.165, 1.54) is 17.1 Å². The molecule has 100 valence electrons. The van der Waals surface area contributed by atoms with E-state index in [4.69, 9.17) is 9.52 Å². The second-order valence-corrected chi connectivity index (χ2v) is 3.77. The first kappa shape index (κ1) is 12.7. The molecule has 0 spiro atoms. The number of carbonyl (C=O) groups is 2. The van der Waals surface area contributed by atoms with Crippen LogP contribution in [0.3, 0.4) is 0 Å². The number of nitrogens with one attached hydrogen (secondary N) is 1. The molecule has 0 aliphatic heterocycles. The van der Waals surface area contributed by atoms with Crippen LogP contribution in [0.5, 0.6) is 0 Å². The van der Waals surface area contributed by atoms with E-state index in [1.54, 1.807) is 6.92 Å². The number of carboxylic acid groups (broad SMARTS) is 1. The second kappa shape index (κ2) is 5.29. The van der Waals surface area contributed by atoms with Crippen LogP contribution in [0.15, 0.2) is 16.8 Å². The maximum Gasteiger partial charge on any atom is 0.339 e. The van der Waals surface area contributed by atoms with Gasteiger partial charge in [-0.05, 0) is 23.4 Å². The molecule has 2 aromatic heterocycles. The van der Waals surface area contributed by atoms with Crippen LogP contribution in [0.25, 0.3) is 0 Å². The highest BCUT2D eigenvalue weighted by atomic mass is 16.4. The minimum absolute atomic E-state index is 0.0154. The fourth-order valence-corrected chi connectivity index (χ4v) is 1.48. The zero-order chi connectivity index (χ0) is 13.8. The van der Waals surface area contributed by atoms with Gasteiger partial charge in [0.05, 0.1) is 6.54 Å². The van der Waals surface area contributed by atoms with E-state index in [0.717, 1.165) is 0 Å². The predicted molar refractivity (Wildman–Crippen MR) is 60.1 cm³/mol. The van der Waals surface area contributed by atoms with Gasteiger partial charge in [-0.25, -0.2) is 9.48 Å². The summed E-state index contributed by atoms with van der Waals surface area (Å²) >= 11 is 0. The van der Waals surface area contributed by atoms with Crippen molar-refractivity contribution in [1.29, 1.82) is 0 Å². The summed E-state index contributed by atoms with van der Waals surface area (Å²) in [6.45, 7) is 1.64. The van der Waals surface area contributed by atoms with Gasteiger partial charge in [-0.15, -0.1) is 5.10 Å². The van der Waals surface area contributed by atoms with Crippen LogP contribution in [0.2, 0.25) is 0 Å². The summed E-state index contributed by atoms with van der Waals surface area (Å²) in [6, 6.07) is 1.38. The Hall–Kier alpha value is -2.71. The second-order valence-electron chi connectivity index (χ2n) is 3.77. The zero-order valence-electron chi connectivity index (χ0n) is 10.0. The van der Waals surface area contributed by atoms with Gasteiger partial charge >= 0.3 is 5.97 Å². The highest BCUT2D eigenvalue weighted by molar-refractivity contribution is 5.88. The number of aromatic nitrogens is 4. The van der Waals surface area contributed by atoms with Gasteiger partial charge in [-0.2, -0.15) is 0 Å². The van der Waals surface area contributed by atoms with Gasteiger partial charge in [0.1, 0.15) is 30.0 Å². The summed E-state index contributed by atoms with van der Waals surface area (Å²) in [6.07, 6.45) is 1.32. The molecule has 0 saturated carbocycles. The Morgan fingerprint density at radius 1 is 1.53 bits per heavy atom. The van der Waals surface area contributed by atoms with Crippen molar-refractivity contribution in [1.82, 2.24) is 25.5 Å². The molecule has 2 N–H and O–H groups in total. The molecule has 0 unspecified atom stereocenters. The number of hydrogen-bond donors (Lipinski definition) is 2. The fraction of sp³-hybridized carbons (Fsp3) is 0.300. The van der Waals surface area contributed by atoms with Crippen molar-refractivity contribution in [3.8, 4) is 0 Å². The van der Waals surface area contributed by atoms with Crippen LogP contribution in [-0.2, 0) is 17.9 Å². The molecule has 0 aromatic carbocycles. The lowest BCUT2D eigenvalue weighted by Gasteiger charge is -2.01. The maximum atomic E-state index is 11.5. The minimum atomic E-state index is -1.06. The largest absolute Gasteiger partial charge is 0.478 e. The van der Waals surface area contributed by atoms with E-state index < -0.39 is 5.97 Å². The summed E-state index contributed by atoms with van der Waals surface area (Å²) < 4.78 is 6.49. The number of aromatic carboxylic acids is 1. The number of furan rings is 1. The number of carboxylic acids is 1. The molecule has 0 atom stereocenters. The highest BCUT2D eigenvalue weighted by Crippen LogP contribution is 2.14. The summed E-state index contributed by atoms with van der Waals surface area (Å²) in [5.41, 5.74) is 0.0877. The molecule has 0 fully saturated rings. The van der Waals surface area contributed by atoms with E-state index in [0.29, 0.717) is 11.5 Å². The average molecular weight is 265 g/mol. The molecule has 2 rings (SSSR count). The molecular formula is C10H11N5O4. The van der Waals surface area contributed by atoms with Crippen LogP contribution in [0.1, 0.15) is 21.9 Å². The van der Waals surface area contributed by atoms with E-state index >= 15 is 0 Å². The van der Waals surface area contributed by atoms with Gasteiger partial charge < -0.3 is 14.8 Å². The maximum absolute atomic E-state index is 11.5. The first-order valence-corrected chi connectivity index (χ1v) is 5.36. The average Bonchev–Trinajstić information content (AvgIpc) is 2.96. The van der Waals surface area contributed by atoms with Crippen LogP contribution < -0.4 is 5.32 Å². The third-order valence-electron chi connectivity index (χ3n) is 2.36. The molecule has 19 heavy (non-hydrogen) atoms. The number of hydrogen-bond acceptors (Lipinski definition) is 6.